The molecule has 0 unspecified atom stereocenters. The summed E-state index contributed by atoms with van der Waals surface area (Å²) in [7, 11) is 0. The number of nitrogens with zero attached hydrogens (tertiary/aromatic N) is 4. The number of hydrogen-bond donors (Lipinski definition) is 2. The Bertz CT molecular complexity index is 553. The fraction of sp³-hybridized carbons (Fsp3) is 0.300. The highest BCUT2D eigenvalue weighted by molar-refractivity contribution is 5.81. The normalized spacial score (nSPS) is 12.0. The molecule has 10 heteroatoms. The monoisotopic (exact) mass is 284 g/mol. The summed E-state index contributed by atoms with van der Waals surface area (Å²) in [5.74, 6) is -1.35. The van der Waals surface area contributed by atoms with E-state index in [-0.39, 0.29) is 16.3 Å². The number of hydrazine groups is 1. The van der Waals surface area contributed by atoms with Gasteiger partial charge in [-0.05, 0) is 26.0 Å². The smallest absolute Gasteiger partial charge is 0.335 e. The zero-order valence-corrected chi connectivity index (χ0v) is 10.6. The Morgan fingerprint density at radius 1 is 1.30 bits per heavy atom. The number of carboxylic acids is 1. The van der Waals surface area contributed by atoms with E-state index >= 15 is 0 Å². The number of nitro groups is 1. The Morgan fingerprint density at radius 3 is 2.15 bits per heavy atom. The van der Waals surface area contributed by atoms with Crippen LogP contribution in [0.2, 0.25) is 0 Å². The van der Waals surface area contributed by atoms with Gasteiger partial charge in [-0.3, -0.25) is 10.1 Å². The van der Waals surface area contributed by atoms with Gasteiger partial charge in [0, 0.05) is 12.1 Å². The van der Waals surface area contributed by atoms with Crippen LogP contribution in [0.15, 0.2) is 29.5 Å². The Kier molecular flexibility index (Phi) is 4.08. The largest absolute Gasteiger partial charge is 0.569 e. The highest BCUT2D eigenvalue weighted by atomic mass is 16.6. The van der Waals surface area contributed by atoms with Crippen LogP contribution in [0.25, 0.3) is 0 Å². The standard InChI is InChI=1S/C10H12N4O6/c1-10(2,9(15)16)12(14(20)11-17)7-3-5-8(6-4-7)13(18)19/h3-6,17H,1-2H3,(H,15,16)/b14-11-. The van der Waals surface area contributed by atoms with Gasteiger partial charge < -0.3 is 15.5 Å². The second-order valence-electron chi connectivity index (χ2n) is 4.29. The maximum absolute atomic E-state index is 11.5. The number of carbonyl (C=O) groups is 1. The minimum Gasteiger partial charge on any atom is -0.569 e. The van der Waals surface area contributed by atoms with Crippen LogP contribution in [0.4, 0.5) is 11.4 Å². The van der Waals surface area contributed by atoms with Crippen molar-refractivity contribution in [3.8, 4) is 0 Å². The van der Waals surface area contributed by atoms with Crippen LogP contribution in [0.1, 0.15) is 13.8 Å². The molecular formula is C10H12N4O6. The topological polar surface area (TPSA) is 142 Å². The zero-order valence-electron chi connectivity index (χ0n) is 10.6. The lowest BCUT2D eigenvalue weighted by atomic mass is 10.0. The Labute approximate surface area is 112 Å². The number of hydrogen-bond acceptors (Lipinski definition) is 5. The van der Waals surface area contributed by atoms with E-state index in [0.717, 1.165) is 12.1 Å². The molecule has 0 aliphatic heterocycles. The second kappa shape index (κ2) is 5.38. The molecule has 0 spiro atoms. The third-order valence-corrected chi connectivity index (χ3v) is 2.61. The summed E-state index contributed by atoms with van der Waals surface area (Å²) in [4.78, 5) is 20.8. The van der Waals surface area contributed by atoms with E-state index in [9.17, 15) is 20.1 Å². The van der Waals surface area contributed by atoms with Gasteiger partial charge in [0.05, 0.1) is 9.89 Å². The molecular weight excluding hydrogens is 272 g/mol. The summed E-state index contributed by atoms with van der Waals surface area (Å²) >= 11 is 0. The van der Waals surface area contributed by atoms with Gasteiger partial charge in [0.15, 0.2) is 5.54 Å². The molecule has 0 aliphatic carbocycles. The lowest BCUT2D eigenvalue weighted by Gasteiger charge is -2.29. The van der Waals surface area contributed by atoms with Gasteiger partial charge in [-0.15, -0.1) is 0 Å². The summed E-state index contributed by atoms with van der Waals surface area (Å²) in [5, 5.41) is 42.7. The van der Waals surface area contributed by atoms with Crippen LogP contribution in [0.5, 0.6) is 0 Å². The van der Waals surface area contributed by atoms with Crippen LogP contribution < -0.4 is 5.01 Å². The molecule has 0 radical (unpaired) electrons. The number of benzene rings is 1. The molecule has 10 nitrogen and oxygen atoms in total. The predicted molar refractivity (Wildman–Crippen MR) is 65.1 cm³/mol. The first-order valence-corrected chi connectivity index (χ1v) is 5.32. The highest BCUT2D eigenvalue weighted by Crippen LogP contribution is 2.26. The van der Waals surface area contributed by atoms with E-state index < -0.39 is 16.4 Å². The molecule has 1 aromatic carbocycles. The Balaban J connectivity index is 3.32. The highest BCUT2D eigenvalue weighted by Gasteiger charge is 2.42. The van der Waals surface area contributed by atoms with E-state index in [4.69, 9.17) is 10.3 Å². The van der Waals surface area contributed by atoms with Crippen molar-refractivity contribution in [1.29, 1.82) is 0 Å². The maximum Gasteiger partial charge on any atom is 0.335 e. The molecule has 1 aromatic rings. The van der Waals surface area contributed by atoms with Gasteiger partial charge >= 0.3 is 5.97 Å². The number of non-ortho nitro benzene ring substituents is 1. The summed E-state index contributed by atoms with van der Waals surface area (Å²) in [5.41, 5.74) is -1.93. The minimum absolute atomic E-state index is 0.0239. The fourth-order valence-corrected chi connectivity index (χ4v) is 1.48. The number of anilines is 1. The third-order valence-electron chi connectivity index (χ3n) is 2.61. The van der Waals surface area contributed by atoms with E-state index in [2.05, 4.69) is 5.28 Å². The van der Waals surface area contributed by atoms with E-state index in [1.807, 2.05) is 0 Å². The van der Waals surface area contributed by atoms with Crippen molar-refractivity contribution in [2.75, 3.05) is 5.01 Å². The Hall–Kier alpha value is -2.91. The van der Waals surface area contributed by atoms with Gasteiger partial charge in [-0.2, -0.15) is 0 Å². The van der Waals surface area contributed by atoms with E-state index in [0.29, 0.717) is 5.01 Å². The zero-order chi connectivity index (χ0) is 15.5. The average molecular weight is 284 g/mol. The summed E-state index contributed by atoms with van der Waals surface area (Å²) in [6.45, 7) is 2.43. The van der Waals surface area contributed by atoms with Crippen LogP contribution in [0.3, 0.4) is 0 Å². The van der Waals surface area contributed by atoms with Gasteiger partial charge in [0.25, 0.3) is 5.69 Å². The van der Waals surface area contributed by atoms with Crippen molar-refractivity contribution >= 4 is 17.3 Å². The second-order valence-corrected chi connectivity index (χ2v) is 4.29. The van der Waals surface area contributed by atoms with Crippen molar-refractivity contribution in [3.63, 3.8) is 0 Å². The lowest BCUT2D eigenvalue weighted by Crippen LogP contribution is -2.53. The molecule has 0 atom stereocenters. The van der Waals surface area contributed by atoms with Crippen LogP contribution >= 0.6 is 0 Å². The van der Waals surface area contributed by atoms with Crippen molar-refractivity contribution < 1.29 is 25.0 Å². The van der Waals surface area contributed by atoms with Gasteiger partial charge in [0.2, 0.25) is 5.28 Å². The predicted octanol–water partition coefficient (Wildman–Crippen LogP) is 1.53. The molecule has 0 saturated heterocycles. The number of nitro benzene ring substituents is 1. The average Bonchev–Trinajstić information content (AvgIpc) is 2.38. The van der Waals surface area contributed by atoms with Crippen molar-refractivity contribution in [1.82, 2.24) is 0 Å². The van der Waals surface area contributed by atoms with Gasteiger partial charge in [-0.25, -0.2) is 4.79 Å². The first-order valence-electron chi connectivity index (χ1n) is 5.32. The summed E-state index contributed by atoms with van der Waals surface area (Å²) in [6, 6.07) is 4.56. The number of rotatable bonds is 5. The van der Waals surface area contributed by atoms with Gasteiger partial charge in [-0.1, -0.05) is 5.01 Å². The van der Waals surface area contributed by atoms with Crippen molar-refractivity contribution in [2.24, 2.45) is 5.28 Å². The summed E-state index contributed by atoms with van der Waals surface area (Å²) in [6.07, 6.45) is 0. The summed E-state index contributed by atoms with van der Waals surface area (Å²) < 4.78 is 0. The quantitative estimate of drug-likeness (QED) is 0.361. The van der Waals surface area contributed by atoms with Crippen molar-refractivity contribution in [3.05, 3.63) is 39.6 Å². The molecule has 0 saturated carbocycles. The molecule has 0 aliphatic rings. The molecule has 2 N–H and O–H groups in total. The van der Waals surface area contributed by atoms with E-state index in [1.165, 1.54) is 26.0 Å². The first kappa shape index (κ1) is 15.1. The molecule has 0 aromatic heterocycles. The van der Waals surface area contributed by atoms with Crippen LogP contribution in [-0.4, -0.2) is 31.7 Å². The maximum atomic E-state index is 11.5. The first-order chi connectivity index (χ1) is 9.21. The SMILES string of the molecule is CC(C)(C(=O)O)N(c1ccc([N+](=O)[O-])cc1)/[N+]([O-])=N/O. The molecule has 0 fully saturated rings. The van der Waals surface area contributed by atoms with Crippen LogP contribution in [0, 0.1) is 15.3 Å². The molecule has 108 valence electrons. The molecule has 20 heavy (non-hydrogen) atoms. The molecule has 0 amide bonds. The van der Waals surface area contributed by atoms with Gasteiger partial charge in [0.1, 0.15) is 5.69 Å². The fourth-order valence-electron chi connectivity index (χ4n) is 1.48. The molecule has 0 heterocycles. The minimum atomic E-state index is -1.73. The van der Waals surface area contributed by atoms with Crippen molar-refractivity contribution in [2.45, 2.75) is 19.4 Å². The molecule has 0 bridgehead atoms. The number of aliphatic carboxylic acids is 1. The number of carboxylic acid groups (broad SMARTS) is 1. The third kappa shape index (κ3) is 2.74. The van der Waals surface area contributed by atoms with E-state index in [1.54, 1.807) is 0 Å². The molecule has 1 rings (SSSR count). The van der Waals surface area contributed by atoms with Crippen LogP contribution in [-0.2, 0) is 4.79 Å². The Morgan fingerprint density at radius 2 is 1.80 bits per heavy atom. The lowest BCUT2D eigenvalue weighted by molar-refractivity contribution is -0.575.